The van der Waals surface area contributed by atoms with Crippen LogP contribution in [0.1, 0.15) is 0 Å². The zero-order valence-corrected chi connectivity index (χ0v) is 10.7. The summed E-state index contributed by atoms with van der Waals surface area (Å²) in [4.78, 5) is 0. The van der Waals surface area contributed by atoms with Gasteiger partial charge >= 0.3 is 36.0 Å². The van der Waals surface area contributed by atoms with Gasteiger partial charge in [0, 0.05) is 0 Å². The highest BCUT2D eigenvalue weighted by Gasteiger charge is 2.83. The standard InChI is InChI=1S/C10F14O/c11-5(12)1(9(19,20)21)3(7(5,15)16)25-4-2(10(22,23)24)6(13,14)8(4,17)18. The first-order valence-electron chi connectivity index (χ1n) is 5.55. The average molecular weight is 402 g/mol. The molecule has 0 saturated heterocycles. The third kappa shape index (κ3) is 2.22. The van der Waals surface area contributed by atoms with Crippen LogP contribution in [-0.4, -0.2) is 36.0 Å². The van der Waals surface area contributed by atoms with Crippen molar-refractivity contribution in [3.63, 3.8) is 0 Å². The zero-order valence-electron chi connectivity index (χ0n) is 10.7. The molecule has 0 aromatic heterocycles. The lowest BCUT2D eigenvalue weighted by Crippen LogP contribution is -2.62. The lowest BCUT2D eigenvalue weighted by molar-refractivity contribution is -0.278. The van der Waals surface area contributed by atoms with Gasteiger partial charge in [0.2, 0.25) is 0 Å². The van der Waals surface area contributed by atoms with Gasteiger partial charge in [0.1, 0.15) is 0 Å². The van der Waals surface area contributed by atoms with E-state index < -0.39 is 58.7 Å². The van der Waals surface area contributed by atoms with Gasteiger partial charge in [-0.3, -0.25) is 0 Å². The summed E-state index contributed by atoms with van der Waals surface area (Å²) in [5.74, 6) is -30.5. The minimum absolute atomic E-state index is 2.96. The number of hydrogen-bond acceptors (Lipinski definition) is 1. The molecule has 144 valence electrons. The Bertz CT molecular complexity index is 615. The molecule has 15 heteroatoms. The molecule has 0 aliphatic heterocycles. The van der Waals surface area contributed by atoms with Crippen molar-refractivity contribution in [2.45, 2.75) is 36.0 Å². The lowest BCUT2D eigenvalue weighted by atomic mass is 9.83. The molecular weight excluding hydrogens is 402 g/mol. The summed E-state index contributed by atoms with van der Waals surface area (Å²) in [6.45, 7) is 0. The first kappa shape index (κ1) is 19.6. The fourth-order valence-electron chi connectivity index (χ4n) is 2.02. The van der Waals surface area contributed by atoms with Crippen molar-refractivity contribution in [3.05, 3.63) is 22.7 Å². The molecule has 0 bridgehead atoms. The van der Waals surface area contributed by atoms with Crippen LogP contribution in [0.25, 0.3) is 0 Å². The Kier molecular flexibility index (Phi) is 3.55. The van der Waals surface area contributed by atoms with E-state index in [1.807, 2.05) is 0 Å². The Morgan fingerprint density at radius 1 is 0.480 bits per heavy atom. The van der Waals surface area contributed by atoms with Crippen LogP contribution < -0.4 is 0 Å². The maximum atomic E-state index is 13.0. The van der Waals surface area contributed by atoms with Gasteiger partial charge in [-0.15, -0.1) is 0 Å². The molecule has 0 heterocycles. The highest BCUT2D eigenvalue weighted by molar-refractivity contribution is 5.48. The molecule has 0 aromatic rings. The minimum Gasteiger partial charge on any atom is -0.452 e. The van der Waals surface area contributed by atoms with Gasteiger partial charge < -0.3 is 4.74 Å². The molecule has 0 saturated carbocycles. The van der Waals surface area contributed by atoms with E-state index in [2.05, 4.69) is 4.74 Å². The van der Waals surface area contributed by atoms with Crippen LogP contribution in [0.15, 0.2) is 22.7 Å². The Hall–Kier alpha value is -1.70. The first-order chi connectivity index (χ1) is 10.7. The van der Waals surface area contributed by atoms with Gasteiger partial charge in [0.05, 0.1) is 0 Å². The van der Waals surface area contributed by atoms with Gasteiger partial charge in [-0.1, -0.05) is 0 Å². The molecule has 0 atom stereocenters. The maximum Gasteiger partial charge on any atom is 0.422 e. The number of allylic oxidation sites excluding steroid dienone is 4. The van der Waals surface area contributed by atoms with Gasteiger partial charge in [-0.2, -0.15) is 61.5 Å². The van der Waals surface area contributed by atoms with Crippen molar-refractivity contribution in [3.8, 4) is 0 Å². The van der Waals surface area contributed by atoms with E-state index in [0.29, 0.717) is 0 Å². The van der Waals surface area contributed by atoms with E-state index in [1.54, 1.807) is 0 Å². The Labute approximate surface area is 126 Å². The summed E-state index contributed by atoms with van der Waals surface area (Å²) >= 11 is 0. The van der Waals surface area contributed by atoms with E-state index in [4.69, 9.17) is 0 Å². The third-order valence-electron chi connectivity index (χ3n) is 3.21. The molecule has 2 rings (SSSR count). The van der Waals surface area contributed by atoms with E-state index >= 15 is 0 Å². The Morgan fingerprint density at radius 2 is 0.720 bits per heavy atom. The van der Waals surface area contributed by atoms with Crippen molar-refractivity contribution in [1.82, 2.24) is 0 Å². The number of halogens is 14. The largest absolute Gasteiger partial charge is 0.452 e. The summed E-state index contributed by atoms with van der Waals surface area (Å²) in [6, 6.07) is 0. The van der Waals surface area contributed by atoms with Crippen molar-refractivity contribution in [1.29, 1.82) is 0 Å². The zero-order chi connectivity index (χ0) is 20.0. The molecular formula is C10F14O. The van der Waals surface area contributed by atoms with E-state index in [1.165, 1.54) is 0 Å². The van der Waals surface area contributed by atoms with Gasteiger partial charge in [0.25, 0.3) is 0 Å². The maximum absolute atomic E-state index is 13.0. The second-order valence-corrected chi connectivity index (χ2v) is 4.80. The molecule has 0 unspecified atom stereocenters. The summed E-state index contributed by atoms with van der Waals surface area (Å²) in [5.41, 5.74) is -7.10. The summed E-state index contributed by atoms with van der Waals surface area (Å²) < 4.78 is 180. The molecule has 0 N–H and O–H groups in total. The van der Waals surface area contributed by atoms with Gasteiger partial charge in [-0.05, 0) is 0 Å². The quantitative estimate of drug-likeness (QED) is 0.577. The highest BCUT2D eigenvalue weighted by Crippen LogP contribution is 2.65. The third-order valence-corrected chi connectivity index (χ3v) is 3.21. The number of hydrogen-bond donors (Lipinski definition) is 0. The lowest BCUT2D eigenvalue weighted by Gasteiger charge is -2.45. The Balaban J connectivity index is 2.65. The number of rotatable bonds is 2. The monoisotopic (exact) mass is 402 g/mol. The van der Waals surface area contributed by atoms with Crippen molar-refractivity contribution < 1.29 is 66.2 Å². The van der Waals surface area contributed by atoms with Crippen LogP contribution in [0.3, 0.4) is 0 Å². The van der Waals surface area contributed by atoms with Crippen molar-refractivity contribution >= 4 is 0 Å². The van der Waals surface area contributed by atoms with Crippen LogP contribution >= 0.6 is 0 Å². The molecule has 0 aromatic carbocycles. The summed E-state index contributed by atoms with van der Waals surface area (Å²) in [7, 11) is 0. The number of ether oxygens (including phenoxy) is 1. The van der Waals surface area contributed by atoms with E-state index in [-0.39, 0.29) is 0 Å². The van der Waals surface area contributed by atoms with Gasteiger partial charge in [0.15, 0.2) is 22.7 Å². The predicted octanol–water partition coefficient (Wildman–Crippen LogP) is 5.20. The van der Waals surface area contributed by atoms with E-state index in [9.17, 15) is 61.5 Å². The SMILES string of the molecule is FC(F)(F)C1=C(OC2=C(C(F)(F)F)C(F)(F)C2(F)F)C(F)(F)C1(F)F. The van der Waals surface area contributed by atoms with Crippen LogP contribution in [0, 0.1) is 0 Å². The van der Waals surface area contributed by atoms with Gasteiger partial charge in [-0.25, -0.2) is 0 Å². The molecule has 0 fully saturated rings. The van der Waals surface area contributed by atoms with Crippen LogP contribution in [0.2, 0.25) is 0 Å². The molecule has 0 amide bonds. The highest BCUT2D eigenvalue weighted by atomic mass is 19.4. The topological polar surface area (TPSA) is 9.23 Å². The molecule has 25 heavy (non-hydrogen) atoms. The number of alkyl halides is 14. The molecule has 1 nitrogen and oxygen atoms in total. The minimum atomic E-state index is -6.32. The van der Waals surface area contributed by atoms with Crippen molar-refractivity contribution in [2.75, 3.05) is 0 Å². The second-order valence-electron chi connectivity index (χ2n) is 4.80. The molecule has 0 spiro atoms. The first-order valence-corrected chi connectivity index (χ1v) is 5.55. The molecule has 2 aliphatic carbocycles. The van der Waals surface area contributed by atoms with Crippen molar-refractivity contribution in [2.24, 2.45) is 0 Å². The fraction of sp³-hybridized carbons (Fsp3) is 0.600. The molecule has 2 aliphatic rings. The predicted molar refractivity (Wildman–Crippen MR) is 47.0 cm³/mol. The van der Waals surface area contributed by atoms with Crippen LogP contribution in [-0.2, 0) is 4.74 Å². The Morgan fingerprint density at radius 3 is 0.920 bits per heavy atom. The van der Waals surface area contributed by atoms with Crippen LogP contribution in [0.4, 0.5) is 61.5 Å². The summed E-state index contributed by atoms with van der Waals surface area (Å²) in [5, 5.41) is 0. The average Bonchev–Trinajstić information content (AvgIpc) is 2.32. The summed E-state index contributed by atoms with van der Waals surface area (Å²) in [6.07, 6.45) is -12.6. The molecule has 0 radical (unpaired) electrons. The normalized spacial score (nSPS) is 27.0. The fourth-order valence-corrected chi connectivity index (χ4v) is 2.02. The smallest absolute Gasteiger partial charge is 0.422 e. The second kappa shape index (κ2) is 4.52. The van der Waals surface area contributed by atoms with Crippen LogP contribution in [0.5, 0.6) is 0 Å². The van der Waals surface area contributed by atoms with E-state index in [0.717, 1.165) is 0 Å².